The first-order chi connectivity index (χ1) is 10.2. The summed E-state index contributed by atoms with van der Waals surface area (Å²) in [4.78, 5) is 17.8. The molecule has 0 aliphatic heterocycles. The van der Waals surface area contributed by atoms with E-state index in [1.165, 1.54) is 4.88 Å². The molecule has 2 unspecified atom stereocenters. The summed E-state index contributed by atoms with van der Waals surface area (Å²) in [6.45, 7) is 5.08. The van der Waals surface area contributed by atoms with E-state index in [0.717, 1.165) is 36.5 Å². The summed E-state index contributed by atoms with van der Waals surface area (Å²) in [7, 11) is 1.71. The van der Waals surface area contributed by atoms with Gasteiger partial charge in [-0.1, -0.05) is 13.3 Å². The van der Waals surface area contributed by atoms with Crippen LogP contribution in [-0.4, -0.2) is 37.3 Å². The molecule has 1 aromatic heterocycles. The van der Waals surface area contributed by atoms with Crippen LogP contribution in [0.1, 0.15) is 49.6 Å². The molecular formula is C15H24N2O3S. The summed E-state index contributed by atoms with van der Waals surface area (Å²) in [5.41, 5.74) is 0.911. The number of ether oxygens (including phenoxy) is 2. The number of hydrogen-bond donors (Lipinski definition) is 1. The van der Waals surface area contributed by atoms with Crippen LogP contribution in [0.2, 0.25) is 0 Å². The van der Waals surface area contributed by atoms with Crippen LogP contribution in [0.25, 0.3) is 0 Å². The number of rotatable bonds is 8. The fourth-order valence-corrected chi connectivity index (χ4v) is 3.80. The van der Waals surface area contributed by atoms with Gasteiger partial charge in [0.1, 0.15) is 5.92 Å². The van der Waals surface area contributed by atoms with Crippen LogP contribution in [0, 0.1) is 0 Å². The van der Waals surface area contributed by atoms with Crippen LogP contribution in [0.3, 0.4) is 0 Å². The molecule has 1 aliphatic rings. The molecule has 1 aliphatic carbocycles. The number of esters is 1. The smallest absolute Gasteiger partial charge is 0.315 e. The molecule has 0 radical (unpaired) electrons. The van der Waals surface area contributed by atoms with E-state index in [1.54, 1.807) is 18.4 Å². The van der Waals surface area contributed by atoms with Crippen LogP contribution in [0.5, 0.6) is 0 Å². The highest BCUT2D eigenvalue weighted by Crippen LogP contribution is 2.39. The van der Waals surface area contributed by atoms with Gasteiger partial charge in [0.2, 0.25) is 0 Å². The van der Waals surface area contributed by atoms with Gasteiger partial charge < -0.3 is 14.8 Å². The van der Waals surface area contributed by atoms with Gasteiger partial charge in [0.15, 0.2) is 5.13 Å². The minimum absolute atomic E-state index is 0.143. The Morgan fingerprint density at radius 2 is 2.33 bits per heavy atom. The van der Waals surface area contributed by atoms with E-state index >= 15 is 0 Å². The predicted molar refractivity (Wildman–Crippen MR) is 84.0 cm³/mol. The van der Waals surface area contributed by atoms with Crippen molar-refractivity contribution in [3.63, 3.8) is 0 Å². The van der Waals surface area contributed by atoms with E-state index in [1.807, 2.05) is 6.92 Å². The van der Waals surface area contributed by atoms with Crippen molar-refractivity contribution in [1.82, 2.24) is 4.98 Å². The Morgan fingerprint density at radius 3 is 3.00 bits per heavy atom. The first-order valence-corrected chi connectivity index (χ1v) is 8.42. The Balaban J connectivity index is 2.05. The molecule has 118 valence electrons. The van der Waals surface area contributed by atoms with Crippen molar-refractivity contribution in [3.05, 3.63) is 10.6 Å². The molecule has 21 heavy (non-hydrogen) atoms. The number of anilines is 1. The lowest BCUT2D eigenvalue weighted by molar-refractivity contribution is -0.145. The van der Waals surface area contributed by atoms with E-state index in [9.17, 15) is 4.79 Å². The predicted octanol–water partition coefficient (Wildman–Crippen LogP) is 2.96. The molecule has 2 rings (SSSR count). The van der Waals surface area contributed by atoms with Crippen molar-refractivity contribution in [3.8, 4) is 0 Å². The lowest BCUT2D eigenvalue weighted by atomic mass is 10.1. The van der Waals surface area contributed by atoms with E-state index in [2.05, 4.69) is 17.2 Å². The van der Waals surface area contributed by atoms with Crippen LogP contribution in [0.4, 0.5) is 5.13 Å². The van der Waals surface area contributed by atoms with E-state index in [0.29, 0.717) is 13.2 Å². The molecule has 0 bridgehead atoms. The Kier molecular flexibility index (Phi) is 5.99. The van der Waals surface area contributed by atoms with Crippen molar-refractivity contribution >= 4 is 22.4 Å². The Labute approximate surface area is 130 Å². The molecule has 0 spiro atoms. The molecule has 2 atom stereocenters. The summed E-state index contributed by atoms with van der Waals surface area (Å²) in [5.74, 6) is -0.325. The van der Waals surface area contributed by atoms with Gasteiger partial charge in [-0.05, 0) is 26.2 Å². The second kappa shape index (κ2) is 7.75. The van der Waals surface area contributed by atoms with Gasteiger partial charge in [-0.15, -0.1) is 11.3 Å². The molecule has 0 saturated heterocycles. The molecule has 1 heterocycles. The number of carbonyl (C=O) groups excluding carboxylic acids is 1. The van der Waals surface area contributed by atoms with Crippen LogP contribution in [0.15, 0.2) is 0 Å². The number of methoxy groups -OCH3 is 1. The maximum Gasteiger partial charge on any atom is 0.315 e. The van der Waals surface area contributed by atoms with Gasteiger partial charge in [-0.25, -0.2) is 4.98 Å². The van der Waals surface area contributed by atoms with Gasteiger partial charge in [0.25, 0.3) is 0 Å². The fourth-order valence-electron chi connectivity index (χ4n) is 2.68. The fraction of sp³-hybridized carbons (Fsp3) is 0.733. The van der Waals surface area contributed by atoms with Crippen molar-refractivity contribution < 1.29 is 14.3 Å². The Bertz CT molecular complexity index is 469. The van der Waals surface area contributed by atoms with E-state index in [-0.39, 0.29) is 17.9 Å². The molecular weight excluding hydrogens is 288 g/mol. The summed E-state index contributed by atoms with van der Waals surface area (Å²) in [5, 5.41) is 4.33. The zero-order valence-electron chi connectivity index (χ0n) is 13.0. The largest absolute Gasteiger partial charge is 0.465 e. The number of hydrogen-bond acceptors (Lipinski definition) is 6. The normalized spacial score (nSPS) is 18.3. The Morgan fingerprint density at radius 1 is 1.52 bits per heavy atom. The van der Waals surface area contributed by atoms with E-state index in [4.69, 9.17) is 9.47 Å². The van der Waals surface area contributed by atoms with Crippen molar-refractivity contribution in [2.24, 2.45) is 0 Å². The zero-order valence-corrected chi connectivity index (χ0v) is 13.8. The number of nitrogens with zero attached hydrogens (tertiary/aromatic N) is 1. The monoisotopic (exact) mass is 312 g/mol. The van der Waals surface area contributed by atoms with Crippen molar-refractivity contribution in [2.45, 2.75) is 51.5 Å². The van der Waals surface area contributed by atoms with Gasteiger partial charge in [0.05, 0.1) is 24.9 Å². The van der Waals surface area contributed by atoms with Gasteiger partial charge >= 0.3 is 5.97 Å². The molecule has 0 aromatic carbocycles. The van der Waals surface area contributed by atoms with Gasteiger partial charge in [-0.2, -0.15) is 0 Å². The quantitative estimate of drug-likeness (QED) is 0.748. The highest BCUT2D eigenvalue weighted by atomic mass is 32.1. The van der Waals surface area contributed by atoms with Crippen LogP contribution in [-0.2, 0) is 20.7 Å². The highest BCUT2D eigenvalue weighted by Gasteiger charge is 2.33. The molecule has 1 aromatic rings. The number of carbonyl (C=O) groups is 1. The van der Waals surface area contributed by atoms with E-state index < -0.39 is 0 Å². The summed E-state index contributed by atoms with van der Waals surface area (Å²) in [6.07, 6.45) is 3.88. The SMILES string of the molecule is CCCC(COC)Nc1nc2c(s1)CCC2C(=O)OCC. The summed E-state index contributed by atoms with van der Waals surface area (Å²) >= 11 is 1.66. The van der Waals surface area contributed by atoms with Gasteiger partial charge in [0, 0.05) is 12.0 Å². The maximum atomic E-state index is 11.9. The highest BCUT2D eigenvalue weighted by molar-refractivity contribution is 7.15. The summed E-state index contributed by atoms with van der Waals surface area (Å²) in [6, 6.07) is 0.271. The third-order valence-corrected chi connectivity index (χ3v) is 4.68. The van der Waals surface area contributed by atoms with Crippen molar-refractivity contribution in [1.29, 1.82) is 0 Å². The molecule has 0 saturated carbocycles. The van der Waals surface area contributed by atoms with Crippen LogP contribution < -0.4 is 5.32 Å². The third-order valence-electron chi connectivity index (χ3n) is 3.62. The zero-order chi connectivity index (χ0) is 15.2. The molecule has 0 fully saturated rings. The second-order valence-corrected chi connectivity index (χ2v) is 6.34. The number of nitrogens with one attached hydrogen (secondary N) is 1. The number of aryl methyl sites for hydroxylation is 1. The molecule has 1 N–H and O–H groups in total. The molecule has 0 amide bonds. The van der Waals surface area contributed by atoms with Crippen LogP contribution >= 0.6 is 11.3 Å². The van der Waals surface area contributed by atoms with Crippen molar-refractivity contribution in [2.75, 3.05) is 25.6 Å². The average molecular weight is 312 g/mol. The maximum absolute atomic E-state index is 11.9. The standard InChI is InChI=1S/C15H24N2O3S/c1-4-6-10(9-19-3)16-15-17-13-11(14(18)20-5-2)7-8-12(13)21-15/h10-11H,4-9H2,1-3H3,(H,16,17). The first-order valence-electron chi connectivity index (χ1n) is 7.61. The molecule has 5 nitrogen and oxygen atoms in total. The minimum Gasteiger partial charge on any atom is -0.465 e. The Hall–Kier alpha value is -1.14. The third kappa shape index (κ3) is 3.95. The second-order valence-electron chi connectivity index (χ2n) is 5.26. The number of aromatic nitrogens is 1. The molecule has 6 heteroatoms. The summed E-state index contributed by atoms with van der Waals surface area (Å²) < 4.78 is 10.4. The first kappa shape index (κ1) is 16.2. The number of thiazole rings is 1. The lowest BCUT2D eigenvalue weighted by Gasteiger charge is -2.16. The van der Waals surface area contributed by atoms with Gasteiger partial charge in [-0.3, -0.25) is 4.79 Å². The number of fused-ring (bicyclic) bond motifs is 1. The lowest BCUT2D eigenvalue weighted by Crippen LogP contribution is -2.24. The average Bonchev–Trinajstić information content (AvgIpc) is 2.99. The minimum atomic E-state index is -0.182. The topological polar surface area (TPSA) is 60.5 Å².